The quantitative estimate of drug-likeness (QED) is 0.773. The van der Waals surface area contributed by atoms with E-state index >= 15 is 0 Å². The number of carbonyl (C=O) groups excluding carboxylic acids is 1. The molecule has 1 aromatic carbocycles. The Kier molecular flexibility index (Phi) is 4.39. The van der Waals surface area contributed by atoms with Crippen LogP contribution in [0.25, 0.3) is 5.65 Å². The number of aromatic nitrogens is 4. The minimum absolute atomic E-state index is 0.0326. The third-order valence-electron chi connectivity index (χ3n) is 4.62. The molecule has 0 radical (unpaired) electrons. The summed E-state index contributed by atoms with van der Waals surface area (Å²) in [6.45, 7) is 1.52. The lowest BCUT2D eigenvalue weighted by molar-refractivity contribution is -0.120. The van der Waals surface area contributed by atoms with Crippen molar-refractivity contribution in [2.75, 3.05) is 30.4 Å². The van der Waals surface area contributed by atoms with Crippen molar-refractivity contribution in [3.63, 3.8) is 0 Å². The van der Waals surface area contributed by atoms with Crippen molar-refractivity contribution >= 4 is 23.1 Å². The van der Waals surface area contributed by atoms with Crippen molar-refractivity contribution in [2.24, 2.45) is 5.92 Å². The van der Waals surface area contributed by atoms with Gasteiger partial charge < -0.3 is 15.0 Å². The molecule has 1 N–H and O–H groups in total. The van der Waals surface area contributed by atoms with Crippen LogP contribution < -0.4 is 15.0 Å². The lowest BCUT2D eigenvalue weighted by Gasteiger charge is -2.32. The first-order chi connectivity index (χ1) is 12.7. The van der Waals surface area contributed by atoms with Gasteiger partial charge in [-0.1, -0.05) is 0 Å². The number of benzene rings is 1. The Morgan fingerprint density at radius 2 is 2.08 bits per heavy atom. The third-order valence-corrected chi connectivity index (χ3v) is 4.62. The van der Waals surface area contributed by atoms with Crippen LogP contribution in [0.5, 0.6) is 5.75 Å². The maximum Gasteiger partial charge on any atom is 0.229 e. The minimum Gasteiger partial charge on any atom is -0.497 e. The number of hydrogen-bond acceptors (Lipinski definition) is 6. The van der Waals surface area contributed by atoms with Crippen LogP contribution in [0, 0.1) is 5.92 Å². The molecular weight excluding hydrogens is 332 g/mol. The molecule has 1 fully saturated rings. The molecule has 0 unspecified atom stereocenters. The van der Waals surface area contributed by atoms with E-state index < -0.39 is 0 Å². The van der Waals surface area contributed by atoms with Gasteiger partial charge in [-0.2, -0.15) is 4.52 Å². The van der Waals surface area contributed by atoms with Crippen molar-refractivity contribution in [3.05, 3.63) is 42.7 Å². The number of fused-ring (bicyclic) bond motifs is 1. The third kappa shape index (κ3) is 3.30. The van der Waals surface area contributed by atoms with Crippen LogP contribution >= 0.6 is 0 Å². The fourth-order valence-electron chi connectivity index (χ4n) is 3.20. The minimum atomic E-state index is -0.0794. The van der Waals surface area contributed by atoms with E-state index in [1.165, 1.54) is 0 Å². The smallest absolute Gasteiger partial charge is 0.229 e. The normalized spacial score (nSPS) is 17.3. The standard InChI is InChI=1S/C18H20N6O2/c1-26-15-6-4-14(5-7-15)20-18(25)13-3-2-10-23(11-13)17-9-8-16-21-19-12-24(16)22-17/h4-9,12-13H,2-3,10-11H2,1H3,(H,20,25)/t13-/m0/s1. The average Bonchev–Trinajstić information content (AvgIpc) is 3.16. The molecule has 1 saturated heterocycles. The molecule has 26 heavy (non-hydrogen) atoms. The molecule has 0 saturated carbocycles. The van der Waals surface area contributed by atoms with Crippen molar-refractivity contribution in [1.82, 2.24) is 19.8 Å². The van der Waals surface area contributed by atoms with Gasteiger partial charge in [-0.3, -0.25) is 4.79 Å². The number of piperidine rings is 1. The van der Waals surface area contributed by atoms with Crippen LogP contribution in [0.4, 0.5) is 11.5 Å². The highest BCUT2D eigenvalue weighted by Crippen LogP contribution is 2.23. The zero-order valence-electron chi connectivity index (χ0n) is 14.5. The van der Waals surface area contributed by atoms with Crippen LogP contribution in [0.3, 0.4) is 0 Å². The van der Waals surface area contributed by atoms with E-state index in [1.807, 2.05) is 36.4 Å². The van der Waals surface area contributed by atoms with Gasteiger partial charge in [0.1, 0.15) is 17.9 Å². The highest BCUT2D eigenvalue weighted by molar-refractivity contribution is 5.93. The molecule has 0 spiro atoms. The molecule has 3 aromatic rings. The number of anilines is 2. The first kappa shape index (κ1) is 16.3. The van der Waals surface area contributed by atoms with E-state index in [2.05, 4.69) is 25.5 Å². The van der Waals surface area contributed by atoms with Gasteiger partial charge >= 0.3 is 0 Å². The highest BCUT2D eigenvalue weighted by Gasteiger charge is 2.27. The van der Waals surface area contributed by atoms with Gasteiger partial charge in [0.05, 0.1) is 13.0 Å². The van der Waals surface area contributed by atoms with Crippen molar-refractivity contribution in [1.29, 1.82) is 0 Å². The lowest BCUT2D eigenvalue weighted by atomic mass is 9.97. The molecule has 1 aliphatic rings. The molecular formula is C18H20N6O2. The SMILES string of the molecule is COc1ccc(NC(=O)[C@H]2CCCN(c3ccc4nncn4n3)C2)cc1. The molecule has 8 nitrogen and oxygen atoms in total. The van der Waals surface area contributed by atoms with Crippen LogP contribution in [0.15, 0.2) is 42.7 Å². The molecule has 8 heteroatoms. The van der Waals surface area contributed by atoms with Crippen LogP contribution in [-0.4, -0.2) is 45.9 Å². The maximum absolute atomic E-state index is 12.7. The molecule has 134 valence electrons. The molecule has 3 heterocycles. The van der Waals surface area contributed by atoms with Gasteiger partial charge in [-0.25, -0.2) is 0 Å². The molecule has 1 atom stereocenters. The fourth-order valence-corrected chi connectivity index (χ4v) is 3.20. The Morgan fingerprint density at radius 3 is 2.88 bits per heavy atom. The Bertz CT molecular complexity index is 907. The van der Waals surface area contributed by atoms with E-state index in [-0.39, 0.29) is 11.8 Å². The molecule has 1 aliphatic heterocycles. The topological polar surface area (TPSA) is 84.6 Å². The Hall–Kier alpha value is -3.16. The summed E-state index contributed by atoms with van der Waals surface area (Å²) in [5.41, 5.74) is 1.48. The molecule has 2 aromatic heterocycles. The summed E-state index contributed by atoms with van der Waals surface area (Å²) >= 11 is 0. The second-order valence-corrected chi connectivity index (χ2v) is 6.33. The zero-order valence-corrected chi connectivity index (χ0v) is 14.5. The lowest BCUT2D eigenvalue weighted by Crippen LogP contribution is -2.41. The summed E-state index contributed by atoms with van der Waals surface area (Å²) in [4.78, 5) is 14.8. The predicted octanol–water partition coefficient (Wildman–Crippen LogP) is 1.99. The van der Waals surface area contributed by atoms with Gasteiger partial charge in [-0.15, -0.1) is 15.3 Å². The van der Waals surface area contributed by atoms with Gasteiger partial charge in [0.25, 0.3) is 0 Å². The van der Waals surface area contributed by atoms with Crippen molar-refractivity contribution < 1.29 is 9.53 Å². The first-order valence-corrected chi connectivity index (χ1v) is 8.60. The van der Waals surface area contributed by atoms with Crippen LogP contribution in [-0.2, 0) is 4.79 Å². The second-order valence-electron chi connectivity index (χ2n) is 6.33. The Morgan fingerprint density at radius 1 is 1.23 bits per heavy atom. The van der Waals surface area contributed by atoms with E-state index in [0.29, 0.717) is 12.2 Å². The highest BCUT2D eigenvalue weighted by atomic mass is 16.5. The van der Waals surface area contributed by atoms with Crippen LogP contribution in [0.2, 0.25) is 0 Å². The first-order valence-electron chi connectivity index (χ1n) is 8.60. The van der Waals surface area contributed by atoms with Crippen molar-refractivity contribution in [2.45, 2.75) is 12.8 Å². The second kappa shape index (κ2) is 6.99. The molecule has 1 amide bonds. The van der Waals surface area contributed by atoms with Crippen LogP contribution in [0.1, 0.15) is 12.8 Å². The number of methoxy groups -OCH3 is 1. The number of rotatable bonds is 4. The monoisotopic (exact) mass is 352 g/mol. The summed E-state index contributed by atoms with van der Waals surface area (Å²) in [6.07, 6.45) is 3.40. The summed E-state index contributed by atoms with van der Waals surface area (Å²) < 4.78 is 6.79. The van der Waals surface area contributed by atoms with E-state index in [9.17, 15) is 4.79 Å². The summed E-state index contributed by atoms with van der Waals surface area (Å²) in [7, 11) is 1.62. The van der Waals surface area contributed by atoms with Gasteiger partial charge in [0.2, 0.25) is 5.91 Å². The van der Waals surface area contributed by atoms with Gasteiger partial charge in [-0.05, 0) is 49.2 Å². The van der Waals surface area contributed by atoms with E-state index in [1.54, 1.807) is 18.0 Å². The summed E-state index contributed by atoms with van der Waals surface area (Å²) in [5.74, 6) is 1.55. The predicted molar refractivity (Wildman–Crippen MR) is 97.3 cm³/mol. The Labute approximate surface area is 150 Å². The van der Waals surface area contributed by atoms with Gasteiger partial charge in [0.15, 0.2) is 5.65 Å². The summed E-state index contributed by atoms with van der Waals surface area (Å²) in [6, 6.07) is 11.2. The number of amides is 1. The number of carbonyl (C=O) groups is 1. The van der Waals surface area contributed by atoms with Gasteiger partial charge in [0, 0.05) is 18.8 Å². The van der Waals surface area contributed by atoms with E-state index in [0.717, 1.165) is 36.6 Å². The van der Waals surface area contributed by atoms with Crippen molar-refractivity contribution in [3.8, 4) is 5.75 Å². The summed E-state index contributed by atoms with van der Waals surface area (Å²) in [5, 5.41) is 15.3. The number of nitrogens with one attached hydrogen (secondary N) is 1. The number of ether oxygens (including phenoxy) is 1. The molecule has 0 bridgehead atoms. The number of nitrogens with zero attached hydrogens (tertiary/aromatic N) is 5. The zero-order chi connectivity index (χ0) is 17.9. The Balaban J connectivity index is 1.44. The largest absolute Gasteiger partial charge is 0.497 e. The number of hydrogen-bond donors (Lipinski definition) is 1. The molecule has 0 aliphatic carbocycles. The van der Waals surface area contributed by atoms with E-state index in [4.69, 9.17) is 4.74 Å². The molecule has 4 rings (SSSR count). The maximum atomic E-state index is 12.7. The fraction of sp³-hybridized carbons (Fsp3) is 0.333. The average molecular weight is 352 g/mol.